The lowest BCUT2D eigenvalue weighted by atomic mass is 10.00. The summed E-state index contributed by atoms with van der Waals surface area (Å²) in [7, 11) is 0. The molecule has 0 aliphatic heterocycles. The summed E-state index contributed by atoms with van der Waals surface area (Å²) in [5.41, 5.74) is 1.53. The quantitative estimate of drug-likeness (QED) is 0.678. The summed E-state index contributed by atoms with van der Waals surface area (Å²) < 4.78 is 0. The Hall–Kier alpha value is -0.960. The van der Waals surface area contributed by atoms with E-state index in [9.17, 15) is 5.11 Å². The highest BCUT2D eigenvalue weighted by molar-refractivity contribution is 5.25. The van der Waals surface area contributed by atoms with Crippen LogP contribution in [0.25, 0.3) is 0 Å². The average molecular weight is 165 g/mol. The summed E-state index contributed by atoms with van der Waals surface area (Å²) in [6.45, 7) is 7.18. The number of hydrogen-bond acceptors (Lipinski definition) is 3. The summed E-state index contributed by atoms with van der Waals surface area (Å²) in [6, 6.07) is 0. The van der Waals surface area contributed by atoms with Gasteiger partial charge in [-0.15, -0.1) is 0 Å². The molecule has 0 saturated carbocycles. The SMILES string of the molecule is Cc1n[c]nc(C(C)(C)O)c1C. The highest BCUT2D eigenvalue weighted by Gasteiger charge is 2.21. The molecule has 3 nitrogen and oxygen atoms in total. The number of aromatic nitrogens is 2. The van der Waals surface area contributed by atoms with Gasteiger partial charge in [0, 0.05) is 5.69 Å². The van der Waals surface area contributed by atoms with Gasteiger partial charge < -0.3 is 5.11 Å². The molecule has 0 unspecified atom stereocenters. The van der Waals surface area contributed by atoms with Crippen molar-refractivity contribution in [1.82, 2.24) is 9.97 Å². The third kappa shape index (κ3) is 1.61. The molecule has 0 bridgehead atoms. The lowest BCUT2D eigenvalue weighted by molar-refractivity contribution is 0.0727. The molecule has 0 fully saturated rings. The van der Waals surface area contributed by atoms with Crippen LogP contribution in [0.5, 0.6) is 0 Å². The van der Waals surface area contributed by atoms with Gasteiger partial charge in [0.15, 0.2) is 6.33 Å². The van der Waals surface area contributed by atoms with Crippen molar-refractivity contribution < 1.29 is 5.11 Å². The van der Waals surface area contributed by atoms with Crippen molar-refractivity contribution in [2.45, 2.75) is 33.3 Å². The van der Waals surface area contributed by atoms with E-state index in [4.69, 9.17) is 0 Å². The average Bonchev–Trinajstić information content (AvgIpc) is 1.92. The number of aliphatic hydroxyl groups is 1. The molecule has 0 spiro atoms. The van der Waals surface area contributed by atoms with E-state index in [2.05, 4.69) is 16.3 Å². The van der Waals surface area contributed by atoms with E-state index in [1.54, 1.807) is 13.8 Å². The van der Waals surface area contributed by atoms with E-state index < -0.39 is 5.60 Å². The standard InChI is InChI=1S/C9H13N2O/c1-6-7(2)10-5-11-8(6)9(3,4)12/h12H,1-4H3. The Kier molecular flexibility index (Phi) is 2.15. The molecule has 12 heavy (non-hydrogen) atoms. The van der Waals surface area contributed by atoms with E-state index >= 15 is 0 Å². The third-order valence-corrected chi connectivity index (χ3v) is 1.86. The van der Waals surface area contributed by atoms with E-state index in [1.165, 1.54) is 0 Å². The van der Waals surface area contributed by atoms with Gasteiger partial charge in [-0.25, -0.2) is 9.97 Å². The normalized spacial score (nSPS) is 11.8. The maximum Gasteiger partial charge on any atom is 0.198 e. The maximum absolute atomic E-state index is 9.68. The second-order valence-electron chi connectivity index (χ2n) is 3.44. The van der Waals surface area contributed by atoms with E-state index in [0.29, 0.717) is 5.69 Å². The molecule has 3 heteroatoms. The minimum absolute atomic E-state index is 0.648. The van der Waals surface area contributed by atoms with Crippen molar-refractivity contribution >= 4 is 0 Å². The van der Waals surface area contributed by atoms with Gasteiger partial charge in [-0.3, -0.25) is 0 Å². The maximum atomic E-state index is 9.68. The van der Waals surface area contributed by atoms with Crippen LogP contribution in [0.1, 0.15) is 30.8 Å². The van der Waals surface area contributed by atoms with E-state index in [1.807, 2.05) is 13.8 Å². The molecule has 1 rings (SSSR count). The molecule has 1 N–H and O–H groups in total. The molecule has 65 valence electrons. The zero-order chi connectivity index (χ0) is 9.35. The van der Waals surface area contributed by atoms with Crippen molar-refractivity contribution in [2.24, 2.45) is 0 Å². The minimum atomic E-state index is -0.908. The van der Waals surface area contributed by atoms with Crippen LogP contribution in [0.4, 0.5) is 0 Å². The Morgan fingerprint density at radius 1 is 1.25 bits per heavy atom. The fraction of sp³-hybridized carbons (Fsp3) is 0.556. The molecule has 1 radical (unpaired) electrons. The van der Waals surface area contributed by atoms with Crippen molar-refractivity contribution in [2.75, 3.05) is 0 Å². The molecule has 0 amide bonds. The largest absolute Gasteiger partial charge is 0.384 e. The summed E-state index contributed by atoms with van der Waals surface area (Å²) in [5.74, 6) is 0. The Labute approximate surface area is 72.5 Å². The third-order valence-electron chi connectivity index (χ3n) is 1.86. The number of nitrogens with zero attached hydrogens (tertiary/aromatic N) is 2. The first-order valence-electron chi connectivity index (χ1n) is 3.87. The highest BCUT2D eigenvalue weighted by atomic mass is 16.3. The van der Waals surface area contributed by atoms with E-state index in [-0.39, 0.29) is 0 Å². The smallest absolute Gasteiger partial charge is 0.198 e. The van der Waals surface area contributed by atoms with Gasteiger partial charge >= 0.3 is 0 Å². The predicted molar refractivity (Wildman–Crippen MR) is 45.6 cm³/mol. The zero-order valence-corrected chi connectivity index (χ0v) is 7.84. The lowest BCUT2D eigenvalue weighted by Crippen LogP contribution is -2.20. The summed E-state index contributed by atoms with van der Waals surface area (Å²) >= 11 is 0. The van der Waals surface area contributed by atoms with Crippen LogP contribution < -0.4 is 0 Å². The Morgan fingerprint density at radius 3 is 2.25 bits per heavy atom. The summed E-state index contributed by atoms with van der Waals surface area (Å²) in [4.78, 5) is 7.83. The summed E-state index contributed by atoms with van der Waals surface area (Å²) in [5, 5.41) is 9.68. The van der Waals surface area contributed by atoms with Crippen LogP contribution in [0, 0.1) is 20.2 Å². The first-order valence-corrected chi connectivity index (χ1v) is 3.87. The number of hydrogen-bond donors (Lipinski definition) is 1. The Morgan fingerprint density at radius 2 is 1.83 bits per heavy atom. The number of aryl methyl sites for hydroxylation is 1. The summed E-state index contributed by atoms with van der Waals surface area (Å²) in [6.07, 6.45) is 2.52. The zero-order valence-electron chi connectivity index (χ0n) is 7.84. The van der Waals surface area contributed by atoms with Gasteiger partial charge in [-0.2, -0.15) is 0 Å². The second kappa shape index (κ2) is 2.83. The van der Waals surface area contributed by atoms with Gasteiger partial charge in [0.2, 0.25) is 0 Å². The fourth-order valence-corrected chi connectivity index (χ4v) is 1.08. The van der Waals surface area contributed by atoms with Crippen LogP contribution >= 0.6 is 0 Å². The molecular formula is C9H13N2O. The van der Waals surface area contributed by atoms with E-state index in [0.717, 1.165) is 11.3 Å². The monoisotopic (exact) mass is 165 g/mol. The van der Waals surface area contributed by atoms with Gasteiger partial charge in [-0.1, -0.05) is 0 Å². The van der Waals surface area contributed by atoms with Crippen molar-refractivity contribution in [3.63, 3.8) is 0 Å². The highest BCUT2D eigenvalue weighted by Crippen LogP contribution is 2.21. The molecule has 0 aliphatic rings. The molecule has 1 aromatic heterocycles. The van der Waals surface area contributed by atoms with Crippen LogP contribution in [0.15, 0.2) is 0 Å². The molecule has 0 atom stereocenters. The first kappa shape index (κ1) is 9.13. The van der Waals surface area contributed by atoms with Gasteiger partial charge in [0.25, 0.3) is 0 Å². The molecule has 1 heterocycles. The van der Waals surface area contributed by atoms with Crippen LogP contribution in [0.3, 0.4) is 0 Å². The molecular weight excluding hydrogens is 152 g/mol. The second-order valence-corrected chi connectivity index (χ2v) is 3.44. The molecule has 1 aromatic rings. The molecule has 0 aliphatic carbocycles. The lowest BCUT2D eigenvalue weighted by Gasteiger charge is -2.18. The van der Waals surface area contributed by atoms with Crippen LogP contribution in [-0.2, 0) is 5.60 Å². The first-order chi connectivity index (χ1) is 5.43. The van der Waals surface area contributed by atoms with Gasteiger partial charge in [-0.05, 0) is 33.3 Å². The van der Waals surface area contributed by atoms with Crippen molar-refractivity contribution in [1.29, 1.82) is 0 Å². The van der Waals surface area contributed by atoms with Crippen LogP contribution in [-0.4, -0.2) is 15.1 Å². The number of rotatable bonds is 1. The van der Waals surface area contributed by atoms with Crippen molar-refractivity contribution in [3.8, 4) is 0 Å². The van der Waals surface area contributed by atoms with Gasteiger partial charge in [0.05, 0.1) is 5.69 Å². The minimum Gasteiger partial charge on any atom is -0.384 e. The molecule has 0 saturated heterocycles. The van der Waals surface area contributed by atoms with Crippen molar-refractivity contribution in [3.05, 3.63) is 23.3 Å². The van der Waals surface area contributed by atoms with Gasteiger partial charge in [0.1, 0.15) is 5.60 Å². The molecule has 0 aromatic carbocycles. The Bertz CT molecular complexity index is 289. The predicted octanol–water partition coefficient (Wildman–Crippen LogP) is 1.12. The van der Waals surface area contributed by atoms with Crippen LogP contribution in [0.2, 0.25) is 0 Å². The fourth-order valence-electron chi connectivity index (χ4n) is 1.08. The Balaban J connectivity index is 3.26. The topological polar surface area (TPSA) is 46.0 Å².